The van der Waals surface area contributed by atoms with Gasteiger partial charge in [0.1, 0.15) is 11.9 Å². The van der Waals surface area contributed by atoms with Gasteiger partial charge in [0.25, 0.3) is 0 Å². The van der Waals surface area contributed by atoms with Gasteiger partial charge in [-0.2, -0.15) is 0 Å². The number of piperidine rings is 1. The summed E-state index contributed by atoms with van der Waals surface area (Å²) in [6, 6.07) is 7.24. The summed E-state index contributed by atoms with van der Waals surface area (Å²) in [4.78, 5) is 28.6. The Hall–Kier alpha value is -3.22. The van der Waals surface area contributed by atoms with E-state index in [1.54, 1.807) is 4.90 Å². The summed E-state index contributed by atoms with van der Waals surface area (Å²) < 4.78 is 6.12. The fourth-order valence-electron chi connectivity index (χ4n) is 3.99. The number of allylic oxidation sites excluding steroid dienone is 1. The van der Waals surface area contributed by atoms with Gasteiger partial charge in [0.05, 0.1) is 13.1 Å². The third-order valence-electron chi connectivity index (χ3n) is 6.02. The number of hydrogen-bond acceptors (Lipinski definition) is 4. The largest absolute Gasteiger partial charge is 0.489 e. The van der Waals surface area contributed by atoms with Crippen LogP contribution in [-0.2, 0) is 4.79 Å². The fourth-order valence-corrected chi connectivity index (χ4v) is 3.99. The molecule has 7 nitrogen and oxygen atoms in total. The van der Waals surface area contributed by atoms with E-state index in [0.29, 0.717) is 18.8 Å². The van der Waals surface area contributed by atoms with Crippen molar-refractivity contribution >= 4 is 17.6 Å². The fraction of sp³-hybridized carbons (Fsp3) is 0.417. The molecular formula is C24H30N4O3. The Balaban J connectivity index is 1.30. The number of benzene rings is 1. The Morgan fingerprint density at radius 2 is 2.10 bits per heavy atom. The van der Waals surface area contributed by atoms with E-state index in [1.165, 1.54) is 0 Å². The van der Waals surface area contributed by atoms with Gasteiger partial charge < -0.3 is 20.3 Å². The standard InChI is InChI=1S/C24H30N4O3/c1-3-17(2)23(29)27-12-4-5-22(16-27)31-21-8-6-20(7-9-21)26-24(30)28-14-18-10-11-25-13-19(18)15-28/h6-11,13-14,17,22,25H,3-5,12,15-16H2,1-2H3,(H,26,30). The molecule has 2 unspecified atom stereocenters. The first-order valence-corrected chi connectivity index (χ1v) is 11.0. The van der Waals surface area contributed by atoms with Crippen LogP contribution in [0.2, 0.25) is 0 Å². The Morgan fingerprint density at radius 1 is 1.29 bits per heavy atom. The van der Waals surface area contributed by atoms with E-state index in [9.17, 15) is 9.59 Å². The van der Waals surface area contributed by atoms with Gasteiger partial charge in [0.2, 0.25) is 5.91 Å². The minimum Gasteiger partial charge on any atom is -0.489 e. The van der Waals surface area contributed by atoms with Crippen molar-refractivity contribution in [3.63, 3.8) is 0 Å². The predicted molar refractivity (Wildman–Crippen MR) is 120 cm³/mol. The summed E-state index contributed by atoms with van der Waals surface area (Å²) in [5.41, 5.74) is 2.85. The average Bonchev–Trinajstić information content (AvgIpc) is 3.24. The first kappa shape index (κ1) is 21.0. The van der Waals surface area contributed by atoms with Gasteiger partial charge in [-0.15, -0.1) is 0 Å². The zero-order chi connectivity index (χ0) is 21.8. The topological polar surface area (TPSA) is 73.9 Å². The van der Waals surface area contributed by atoms with Crippen LogP contribution in [0.1, 0.15) is 33.1 Å². The van der Waals surface area contributed by atoms with Crippen molar-refractivity contribution in [3.05, 3.63) is 60.1 Å². The van der Waals surface area contributed by atoms with E-state index < -0.39 is 0 Å². The van der Waals surface area contributed by atoms with Gasteiger partial charge >= 0.3 is 6.03 Å². The lowest BCUT2D eigenvalue weighted by molar-refractivity contribution is -0.137. The molecule has 0 aliphatic carbocycles. The quantitative estimate of drug-likeness (QED) is 0.756. The molecule has 3 aliphatic heterocycles. The number of anilines is 1. The van der Waals surface area contributed by atoms with Crippen LogP contribution in [0.4, 0.5) is 10.5 Å². The summed E-state index contributed by atoms with van der Waals surface area (Å²) in [7, 11) is 0. The average molecular weight is 423 g/mol. The van der Waals surface area contributed by atoms with Crippen molar-refractivity contribution in [1.29, 1.82) is 0 Å². The molecule has 0 spiro atoms. The summed E-state index contributed by atoms with van der Waals surface area (Å²) in [5.74, 6) is 1.02. The first-order chi connectivity index (χ1) is 15.0. The number of likely N-dealkylation sites (tertiary alicyclic amines) is 1. The van der Waals surface area contributed by atoms with Gasteiger partial charge in [0.15, 0.2) is 0 Å². The van der Waals surface area contributed by atoms with Crippen LogP contribution in [0, 0.1) is 5.92 Å². The van der Waals surface area contributed by atoms with Crippen molar-refractivity contribution < 1.29 is 14.3 Å². The van der Waals surface area contributed by atoms with Crippen LogP contribution in [0.25, 0.3) is 0 Å². The number of ether oxygens (including phenoxy) is 1. The third-order valence-corrected chi connectivity index (χ3v) is 6.02. The zero-order valence-electron chi connectivity index (χ0n) is 18.1. The Labute approximate surface area is 183 Å². The van der Waals surface area contributed by atoms with Crippen LogP contribution < -0.4 is 15.4 Å². The summed E-state index contributed by atoms with van der Waals surface area (Å²) in [6.07, 6.45) is 10.3. The highest BCUT2D eigenvalue weighted by atomic mass is 16.5. The third kappa shape index (κ3) is 4.93. The van der Waals surface area contributed by atoms with Crippen molar-refractivity contribution in [2.24, 2.45) is 5.92 Å². The molecule has 0 bridgehead atoms. The van der Waals surface area contributed by atoms with E-state index >= 15 is 0 Å². The van der Waals surface area contributed by atoms with E-state index in [4.69, 9.17) is 4.74 Å². The van der Waals surface area contributed by atoms with Gasteiger partial charge in [-0.05, 0) is 60.8 Å². The van der Waals surface area contributed by atoms with Crippen molar-refractivity contribution in [1.82, 2.24) is 15.1 Å². The lowest BCUT2D eigenvalue weighted by Gasteiger charge is -2.34. The van der Waals surface area contributed by atoms with E-state index in [-0.39, 0.29) is 24.0 Å². The second-order valence-electron chi connectivity index (χ2n) is 8.31. The van der Waals surface area contributed by atoms with Crippen LogP contribution in [0.5, 0.6) is 5.75 Å². The number of amides is 3. The van der Waals surface area contributed by atoms with Crippen LogP contribution in [0.3, 0.4) is 0 Å². The number of urea groups is 1. The molecule has 1 aromatic carbocycles. The Bertz CT molecular complexity index is 919. The molecule has 7 heteroatoms. The lowest BCUT2D eigenvalue weighted by Crippen LogP contribution is -2.46. The molecular weight excluding hydrogens is 392 g/mol. The van der Waals surface area contributed by atoms with Crippen molar-refractivity contribution in [2.45, 2.75) is 39.2 Å². The molecule has 1 aromatic rings. The number of nitrogens with one attached hydrogen (secondary N) is 2. The normalized spacial score (nSPS) is 20.9. The Kier molecular flexibility index (Phi) is 6.30. The van der Waals surface area contributed by atoms with Gasteiger partial charge in [-0.3, -0.25) is 9.69 Å². The van der Waals surface area contributed by atoms with Crippen LogP contribution in [0.15, 0.2) is 60.1 Å². The number of fused-ring (bicyclic) bond motifs is 1. The molecule has 31 heavy (non-hydrogen) atoms. The number of rotatable bonds is 5. The second kappa shape index (κ2) is 9.29. The lowest BCUT2D eigenvalue weighted by atomic mass is 10.0. The molecule has 2 N–H and O–H groups in total. The number of carbonyl (C=O) groups excluding carboxylic acids is 2. The van der Waals surface area contributed by atoms with Crippen LogP contribution in [-0.4, -0.2) is 47.5 Å². The maximum atomic E-state index is 12.6. The maximum Gasteiger partial charge on any atom is 0.326 e. The second-order valence-corrected chi connectivity index (χ2v) is 8.31. The van der Waals surface area contributed by atoms with Gasteiger partial charge in [0, 0.05) is 36.7 Å². The van der Waals surface area contributed by atoms with Gasteiger partial charge in [-0.25, -0.2) is 4.79 Å². The number of hydrogen-bond donors (Lipinski definition) is 2. The molecule has 2 atom stereocenters. The molecule has 164 valence electrons. The maximum absolute atomic E-state index is 12.6. The number of nitrogens with zero attached hydrogens (tertiary/aromatic N) is 2. The highest BCUT2D eigenvalue weighted by molar-refractivity contribution is 5.91. The van der Waals surface area contributed by atoms with Crippen molar-refractivity contribution in [3.8, 4) is 5.75 Å². The predicted octanol–water partition coefficient (Wildman–Crippen LogP) is 3.83. The van der Waals surface area contributed by atoms with Gasteiger partial charge in [-0.1, -0.05) is 13.8 Å². The molecule has 0 saturated carbocycles. The molecule has 0 radical (unpaired) electrons. The molecule has 1 saturated heterocycles. The molecule has 3 heterocycles. The minimum atomic E-state index is -0.170. The smallest absolute Gasteiger partial charge is 0.326 e. The molecule has 3 amide bonds. The molecule has 4 rings (SSSR count). The van der Waals surface area contributed by atoms with Crippen molar-refractivity contribution in [2.75, 3.05) is 25.0 Å². The zero-order valence-corrected chi connectivity index (χ0v) is 18.1. The molecule has 1 fully saturated rings. The first-order valence-electron chi connectivity index (χ1n) is 11.0. The minimum absolute atomic E-state index is 0.00305. The Morgan fingerprint density at radius 3 is 2.84 bits per heavy atom. The monoisotopic (exact) mass is 422 g/mol. The highest BCUT2D eigenvalue weighted by Gasteiger charge is 2.27. The SMILES string of the molecule is CCC(C)C(=O)N1CCCC(Oc2ccc(NC(=O)N3C=C4C=CNC=C4C3)cc2)C1. The van der Waals surface area contributed by atoms with E-state index in [0.717, 1.165) is 42.7 Å². The highest BCUT2D eigenvalue weighted by Crippen LogP contribution is 2.25. The number of carbonyl (C=O) groups is 2. The molecule has 3 aliphatic rings. The van der Waals surface area contributed by atoms with E-state index in [1.807, 2.05) is 67.7 Å². The van der Waals surface area contributed by atoms with E-state index in [2.05, 4.69) is 10.6 Å². The summed E-state index contributed by atoms with van der Waals surface area (Å²) in [6.45, 7) is 6.01. The summed E-state index contributed by atoms with van der Waals surface area (Å²) in [5, 5.41) is 5.97. The number of dihydropyridines is 1. The molecule has 0 aromatic heterocycles. The van der Waals surface area contributed by atoms with Crippen LogP contribution >= 0.6 is 0 Å². The summed E-state index contributed by atoms with van der Waals surface area (Å²) >= 11 is 0.